The Bertz CT molecular complexity index is 1190. The van der Waals surface area contributed by atoms with Crippen LogP contribution in [0.4, 0.5) is 5.69 Å². The molecule has 0 unspecified atom stereocenters. The van der Waals surface area contributed by atoms with E-state index in [0.29, 0.717) is 45.2 Å². The molecule has 7 heteroatoms. The summed E-state index contributed by atoms with van der Waals surface area (Å²) in [6.07, 6.45) is 0. The first kappa shape index (κ1) is 18.5. The highest BCUT2D eigenvalue weighted by Gasteiger charge is 2.20. The lowest BCUT2D eigenvalue weighted by molar-refractivity contribution is 0.102. The molecule has 4 aromatic rings. The van der Waals surface area contributed by atoms with Crippen LogP contribution in [0.1, 0.15) is 16.1 Å². The van der Waals surface area contributed by atoms with Gasteiger partial charge in [0.15, 0.2) is 0 Å². The highest BCUT2D eigenvalue weighted by Crippen LogP contribution is 2.31. The third-order valence-corrected chi connectivity index (χ3v) is 4.59. The number of rotatable bonds is 5. The number of nitrogens with one attached hydrogen (secondary N) is 1. The fourth-order valence-electron chi connectivity index (χ4n) is 3.13. The molecule has 0 atom stereocenters. The topological polar surface area (TPSA) is 86.5 Å². The van der Waals surface area contributed by atoms with E-state index in [4.69, 9.17) is 14.0 Å². The van der Waals surface area contributed by atoms with Crippen LogP contribution in [0.5, 0.6) is 11.5 Å². The van der Waals surface area contributed by atoms with Crippen LogP contribution in [0.2, 0.25) is 0 Å². The van der Waals surface area contributed by atoms with Crippen LogP contribution in [0.25, 0.3) is 22.4 Å². The molecule has 0 bridgehead atoms. The highest BCUT2D eigenvalue weighted by atomic mass is 16.5. The number of methoxy groups -OCH3 is 2. The summed E-state index contributed by atoms with van der Waals surface area (Å²) in [6, 6.07) is 16.5. The van der Waals surface area contributed by atoms with Gasteiger partial charge in [-0.25, -0.2) is 4.98 Å². The van der Waals surface area contributed by atoms with Gasteiger partial charge in [-0.1, -0.05) is 35.5 Å². The number of fused-ring (bicyclic) bond motifs is 1. The van der Waals surface area contributed by atoms with E-state index in [2.05, 4.69) is 15.5 Å². The summed E-state index contributed by atoms with van der Waals surface area (Å²) in [4.78, 5) is 17.7. The second kappa shape index (κ2) is 7.63. The Hall–Kier alpha value is -3.87. The first-order valence-corrected chi connectivity index (χ1v) is 8.96. The van der Waals surface area contributed by atoms with Crippen LogP contribution in [0.3, 0.4) is 0 Å². The number of ether oxygens (including phenoxy) is 2. The van der Waals surface area contributed by atoms with Crippen molar-refractivity contribution >= 4 is 22.7 Å². The van der Waals surface area contributed by atoms with Crippen LogP contribution in [-0.2, 0) is 0 Å². The minimum atomic E-state index is -0.326. The van der Waals surface area contributed by atoms with Crippen LogP contribution >= 0.6 is 0 Å². The Morgan fingerprint density at radius 3 is 2.55 bits per heavy atom. The SMILES string of the molecule is COc1ccc(OC)c(NC(=O)c2cc(-c3ccccc3)nc3onc(C)c23)c1. The molecule has 2 aromatic carbocycles. The van der Waals surface area contributed by atoms with E-state index in [1.54, 1.807) is 45.4 Å². The second-order valence-corrected chi connectivity index (χ2v) is 6.39. The van der Waals surface area contributed by atoms with Crippen molar-refractivity contribution in [1.29, 1.82) is 0 Å². The first-order valence-electron chi connectivity index (χ1n) is 8.96. The number of carbonyl (C=O) groups is 1. The van der Waals surface area contributed by atoms with Crippen molar-refractivity contribution in [1.82, 2.24) is 10.1 Å². The summed E-state index contributed by atoms with van der Waals surface area (Å²) in [5.41, 5.74) is 3.31. The van der Waals surface area contributed by atoms with Crippen LogP contribution in [-0.4, -0.2) is 30.3 Å². The standard InChI is InChI=1S/C22H19N3O4/c1-13-20-16(21(26)23-18-11-15(27-2)9-10-19(18)28-3)12-17(24-22(20)29-25-13)14-7-5-4-6-8-14/h4-12H,1-3H3,(H,23,26). The lowest BCUT2D eigenvalue weighted by Crippen LogP contribution is -2.14. The number of hydrogen-bond donors (Lipinski definition) is 1. The van der Waals surface area contributed by atoms with E-state index in [9.17, 15) is 4.79 Å². The van der Waals surface area contributed by atoms with Crippen molar-refractivity contribution in [3.63, 3.8) is 0 Å². The maximum atomic E-state index is 13.2. The zero-order valence-electron chi connectivity index (χ0n) is 16.2. The van der Waals surface area contributed by atoms with Gasteiger partial charge in [0, 0.05) is 11.6 Å². The van der Waals surface area contributed by atoms with Gasteiger partial charge in [0.05, 0.1) is 42.2 Å². The predicted octanol–water partition coefficient (Wildman–Crippen LogP) is 4.47. The third kappa shape index (κ3) is 3.50. The number of carbonyl (C=O) groups excluding carboxylic acids is 1. The van der Waals surface area contributed by atoms with Crippen molar-refractivity contribution in [3.05, 3.63) is 65.9 Å². The molecule has 0 saturated heterocycles. The van der Waals surface area contributed by atoms with Crippen LogP contribution in [0.15, 0.2) is 59.1 Å². The average Bonchev–Trinajstić information content (AvgIpc) is 3.14. The summed E-state index contributed by atoms with van der Waals surface area (Å²) < 4.78 is 16.0. The van der Waals surface area contributed by atoms with E-state index in [1.165, 1.54) is 0 Å². The zero-order valence-corrected chi connectivity index (χ0v) is 16.2. The molecule has 1 N–H and O–H groups in total. The van der Waals surface area contributed by atoms with E-state index < -0.39 is 0 Å². The average molecular weight is 389 g/mol. The number of hydrogen-bond acceptors (Lipinski definition) is 6. The molecular weight excluding hydrogens is 370 g/mol. The maximum Gasteiger partial charge on any atom is 0.259 e. The molecule has 146 valence electrons. The van der Waals surface area contributed by atoms with Gasteiger partial charge in [-0.15, -0.1) is 0 Å². The van der Waals surface area contributed by atoms with Gasteiger partial charge in [-0.2, -0.15) is 0 Å². The minimum Gasteiger partial charge on any atom is -0.497 e. The number of nitrogens with zero attached hydrogens (tertiary/aromatic N) is 2. The van der Waals surface area contributed by atoms with Gasteiger partial charge in [0.1, 0.15) is 11.5 Å². The number of anilines is 1. The smallest absolute Gasteiger partial charge is 0.259 e. The molecule has 0 aliphatic carbocycles. The Morgan fingerprint density at radius 2 is 1.83 bits per heavy atom. The lowest BCUT2D eigenvalue weighted by Gasteiger charge is -2.12. The van der Waals surface area contributed by atoms with E-state index in [0.717, 1.165) is 5.56 Å². The van der Waals surface area contributed by atoms with Crippen molar-refractivity contribution in [2.75, 3.05) is 19.5 Å². The molecule has 0 saturated carbocycles. The summed E-state index contributed by atoms with van der Waals surface area (Å²) in [5, 5.41) is 7.45. The molecule has 0 fully saturated rings. The molecular formula is C22H19N3O4. The molecule has 2 heterocycles. The molecule has 0 aliphatic heterocycles. The largest absolute Gasteiger partial charge is 0.497 e. The summed E-state index contributed by atoms with van der Waals surface area (Å²) in [5.74, 6) is 0.800. The summed E-state index contributed by atoms with van der Waals surface area (Å²) >= 11 is 0. The fourth-order valence-corrected chi connectivity index (χ4v) is 3.13. The number of benzene rings is 2. The molecule has 2 aromatic heterocycles. The quantitative estimate of drug-likeness (QED) is 0.542. The van der Waals surface area contributed by atoms with Gasteiger partial charge in [0.2, 0.25) is 0 Å². The van der Waals surface area contributed by atoms with E-state index in [-0.39, 0.29) is 5.91 Å². The van der Waals surface area contributed by atoms with Gasteiger partial charge < -0.3 is 19.3 Å². The Labute approximate surface area is 167 Å². The van der Waals surface area contributed by atoms with Crippen molar-refractivity contribution in [2.45, 2.75) is 6.92 Å². The van der Waals surface area contributed by atoms with Crippen LogP contribution < -0.4 is 14.8 Å². The van der Waals surface area contributed by atoms with Crippen molar-refractivity contribution < 1.29 is 18.8 Å². The Morgan fingerprint density at radius 1 is 1.03 bits per heavy atom. The molecule has 0 radical (unpaired) electrons. The van der Waals surface area contributed by atoms with Gasteiger partial charge in [0.25, 0.3) is 11.6 Å². The summed E-state index contributed by atoms with van der Waals surface area (Å²) in [6.45, 7) is 1.78. The molecule has 0 aliphatic rings. The molecule has 4 rings (SSSR count). The third-order valence-electron chi connectivity index (χ3n) is 4.59. The molecule has 29 heavy (non-hydrogen) atoms. The zero-order chi connectivity index (χ0) is 20.4. The lowest BCUT2D eigenvalue weighted by atomic mass is 10.0. The Balaban J connectivity index is 1.81. The monoisotopic (exact) mass is 389 g/mol. The van der Waals surface area contributed by atoms with Gasteiger partial charge >= 0.3 is 0 Å². The van der Waals surface area contributed by atoms with Gasteiger partial charge in [-0.05, 0) is 25.1 Å². The minimum absolute atomic E-state index is 0.312. The van der Waals surface area contributed by atoms with Crippen molar-refractivity contribution in [2.24, 2.45) is 0 Å². The number of aromatic nitrogens is 2. The number of amides is 1. The number of pyridine rings is 1. The first-order chi connectivity index (χ1) is 14.1. The number of aryl methyl sites for hydroxylation is 1. The summed E-state index contributed by atoms with van der Waals surface area (Å²) in [7, 11) is 3.10. The predicted molar refractivity (Wildman–Crippen MR) is 109 cm³/mol. The van der Waals surface area contributed by atoms with Crippen molar-refractivity contribution in [3.8, 4) is 22.8 Å². The fraction of sp³-hybridized carbons (Fsp3) is 0.136. The van der Waals surface area contributed by atoms with E-state index in [1.807, 2.05) is 30.3 Å². The second-order valence-electron chi connectivity index (χ2n) is 6.39. The molecule has 0 spiro atoms. The highest BCUT2D eigenvalue weighted by molar-refractivity contribution is 6.13. The van der Waals surface area contributed by atoms with Gasteiger partial charge in [-0.3, -0.25) is 4.79 Å². The molecule has 7 nitrogen and oxygen atoms in total. The van der Waals surface area contributed by atoms with Crippen LogP contribution in [0, 0.1) is 6.92 Å². The maximum absolute atomic E-state index is 13.2. The normalized spacial score (nSPS) is 10.7. The Kier molecular flexibility index (Phi) is 4.87. The molecule has 1 amide bonds. The van der Waals surface area contributed by atoms with E-state index >= 15 is 0 Å².